The molecule has 0 bridgehead atoms. The monoisotopic (exact) mass is 284 g/mol. The molecule has 0 unspecified atom stereocenters. The highest BCUT2D eigenvalue weighted by Crippen LogP contribution is 2.05. The number of carbonyl (C=O) groups is 1. The average Bonchev–Trinajstić information content (AvgIpc) is 3.02. The zero-order valence-electron chi connectivity index (χ0n) is 12.1. The molecular weight excluding hydrogens is 264 g/mol. The number of hydrogen-bond acceptors (Lipinski definition) is 3. The number of rotatable bonds is 7. The second kappa shape index (κ2) is 8.07. The van der Waals surface area contributed by atoms with Crippen LogP contribution in [-0.2, 0) is 0 Å². The van der Waals surface area contributed by atoms with Gasteiger partial charge >= 0.3 is 0 Å². The molecule has 1 aromatic heterocycles. The molecule has 0 atom stereocenters. The zero-order chi connectivity index (χ0) is 14.9. The standard InChI is InChI=1S/C17H20N2O2/c1-14(12-15-6-3-2-4-7-15)13-18-9-10-19-17(20)16-8-5-11-21-16/h2-8,11-12,18H,9-10,13H2,1H3,(H,19,20). The van der Waals surface area contributed by atoms with Crippen molar-refractivity contribution in [2.24, 2.45) is 0 Å². The summed E-state index contributed by atoms with van der Waals surface area (Å²) in [6.45, 7) is 4.16. The smallest absolute Gasteiger partial charge is 0.287 e. The van der Waals surface area contributed by atoms with E-state index < -0.39 is 0 Å². The Bertz CT molecular complexity index is 574. The van der Waals surface area contributed by atoms with Gasteiger partial charge in [-0.3, -0.25) is 4.79 Å². The van der Waals surface area contributed by atoms with Gasteiger partial charge in [0.15, 0.2) is 5.76 Å². The minimum Gasteiger partial charge on any atom is -0.459 e. The summed E-state index contributed by atoms with van der Waals surface area (Å²) in [4.78, 5) is 11.6. The van der Waals surface area contributed by atoms with E-state index in [0.717, 1.165) is 6.54 Å². The molecule has 1 amide bonds. The van der Waals surface area contributed by atoms with Crippen molar-refractivity contribution in [3.8, 4) is 0 Å². The van der Waals surface area contributed by atoms with E-state index in [-0.39, 0.29) is 5.91 Å². The molecule has 4 nitrogen and oxygen atoms in total. The molecule has 110 valence electrons. The number of hydrogen-bond donors (Lipinski definition) is 2. The Morgan fingerprint density at radius 3 is 2.67 bits per heavy atom. The van der Waals surface area contributed by atoms with Crippen LogP contribution in [0.4, 0.5) is 0 Å². The lowest BCUT2D eigenvalue weighted by Gasteiger charge is -2.06. The first kappa shape index (κ1) is 15.1. The molecule has 4 heteroatoms. The highest BCUT2D eigenvalue weighted by atomic mass is 16.3. The van der Waals surface area contributed by atoms with E-state index in [1.807, 2.05) is 18.2 Å². The number of benzene rings is 1. The Labute approximate surface area is 124 Å². The quantitative estimate of drug-likeness (QED) is 0.769. The summed E-state index contributed by atoms with van der Waals surface area (Å²) in [5.74, 6) is 0.161. The topological polar surface area (TPSA) is 54.3 Å². The molecule has 0 saturated carbocycles. The van der Waals surface area contributed by atoms with E-state index in [0.29, 0.717) is 18.8 Å². The number of furan rings is 1. The fraction of sp³-hybridized carbons (Fsp3) is 0.235. The van der Waals surface area contributed by atoms with Crippen LogP contribution in [0.3, 0.4) is 0 Å². The highest BCUT2D eigenvalue weighted by molar-refractivity contribution is 5.91. The molecule has 0 fully saturated rings. The Morgan fingerprint density at radius 2 is 1.95 bits per heavy atom. The van der Waals surface area contributed by atoms with Crippen molar-refractivity contribution in [1.82, 2.24) is 10.6 Å². The van der Waals surface area contributed by atoms with Crippen LogP contribution in [0.2, 0.25) is 0 Å². The number of amides is 1. The molecule has 0 aliphatic rings. The third-order valence-corrected chi connectivity index (χ3v) is 2.95. The molecule has 1 aromatic carbocycles. The molecule has 2 rings (SSSR count). The first-order chi connectivity index (χ1) is 10.3. The molecule has 0 saturated heterocycles. The summed E-state index contributed by atoms with van der Waals surface area (Å²) in [7, 11) is 0. The van der Waals surface area contributed by atoms with E-state index in [4.69, 9.17) is 4.42 Å². The van der Waals surface area contributed by atoms with Crippen LogP contribution >= 0.6 is 0 Å². The van der Waals surface area contributed by atoms with Crippen molar-refractivity contribution in [3.63, 3.8) is 0 Å². The summed E-state index contributed by atoms with van der Waals surface area (Å²) in [6, 6.07) is 13.6. The fourth-order valence-electron chi connectivity index (χ4n) is 1.93. The summed E-state index contributed by atoms with van der Waals surface area (Å²) < 4.78 is 5.02. The van der Waals surface area contributed by atoms with Crippen LogP contribution in [0.5, 0.6) is 0 Å². The zero-order valence-corrected chi connectivity index (χ0v) is 12.1. The van der Waals surface area contributed by atoms with E-state index in [1.54, 1.807) is 12.1 Å². The van der Waals surface area contributed by atoms with Crippen LogP contribution in [0.25, 0.3) is 6.08 Å². The van der Waals surface area contributed by atoms with Crippen LogP contribution in [0.15, 0.2) is 58.7 Å². The Kier molecular flexibility index (Phi) is 5.79. The Balaban J connectivity index is 1.63. The van der Waals surface area contributed by atoms with Gasteiger partial charge in [-0.1, -0.05) is 42.0 Å². The van der Waals surface area contributed by atoms with Crippen molar-refractivity contribution in [2.75, 3.05) is 19.6 Å². The third-order valence-electron chi connectivity index (χ3n) is 2.95. The third kappa shape index (κ3) is 5.28. The summed E-state index contributed by atoms with van der Waals surface area (Å²) in [5, 5.41) is 6.09. The largest absolute Gasteiger partial charge is 0.459 e. The minimum atomic E-state index is -0.182. The summed E-state index contributed by atoms with van der Waals surface area (Å²) >= 11 is 0. The van der Waals surface area contributed by atoms with Crippen molar-refractivity contribution in [3.05, 3.63) is 65.6 Å². The van der Waals surface area contributed by atoms with Crippen molar-refractivity contribution < 1.29 is 9.21 Å². The van der Waals surface area contributed by atoms with Gasteiger partial charge < -0.3 is 15.1 Å². The van der Waals surface area contributed by atoms with E-state index in [2.05, 4.69) is 35.8 Å². The lowest BCUT2D eigenvalue weighted by atomic mass is 10.1. The van der Waals surface area contributed by atoms with Gasteiger partial charge in [0.2, 0.25) is 0 Å². The molecule has 1 heterocycles. The van der Waals surface area contributed by atoms with Gasteiger partial charge in [-0.05, 0) is 24.6 Å². The molecular formula is C17H20N2O2. The van der Waals surface area contributed by atoms with Gasteiger partial charge in [0.1, 0.15) is 0 Å². The predicted octanol–water partition coefficient (Wildman–Crippen LogP) is 2.70. The SMILES string of the molecule is CC(=Cc1ccccc1)CNCCNC(=O)c1ccco1. The first-order valence-electron chi connectivity index (χ1n) is 7.00. The van der Waals surface area contributed by atoms with E-state index in [9.17, 15) is 4.79 Å². The minimum absolute atomic E-state index is 0.182. The van der Waals surface area contributed by atoms with Gasteiger partial charge in [-0.15, -0.1) is 0 Å². The van der Waals surface area contributed by atoms with Crippen LogP contribution in [0.1, 0.15) is 23.0 Å². The predicted molar refractivity (Wildman–Crippen MR) is 84.0 cm³/mol. The van der Waals surface area contributed by atoms with Gasteiger partial charge in [0.05, 0.1) is 6.26 Å². The molecule has 2 N–H and O–H groups in total. The molecule has 21 heavy (non-hydrogen) atoms. The molecule has 2 aromatic rings. The highest BCUT2D eigenvalue weighted by Gasteiger charge is 2.06. The van der Waals surface area contributed by atoms with Crippen LogP contribution in [0, 0.1) is 0 Å². The summed E-state index contributed by atoms with van der Waals surface area (Å²) in [5.41, 5.74) is 2.45. The number of carbonyl (C=O) groups excluding carboxylic acids is 1. The molecule has 0 radical (unpaired) electrons. The van der Waals surface area contributed by atoms with E-state index in [1.165, 1.54) is 17.4 Å². The average molecular weight is 284 g/mol. The van der Waals surface area contributed by atoms with Crippen LogP contribution in [-0.4, -0.2) is 25.5 Å². The van der Waals surface area contributed by atoms with E-state index >= 15 is 0 Å². The fourth-order valence-corrected chi connectivity index (χ4v) is 1.93. The lowest BCUT2D eigenvalue weighted by Crippen LogP contribution is -2.32. The maximum atomic E-state index is 11.6. The van der Waals surface area contributed by atoms with Gasteiger partial charge in [-0.2, -0.15) is 0 Å². The van der Waals surface area contributed by atoms with Gasteiger partial charge in [-0.25, -0.2) is 0 Å². The first-order valence-corrected chi connectivity index (χ1v) is 7.00. The van der Waals surface area contributed by atoms with Crippen molar-refractivity contribution in [1.29, 1.82) is 0 Å². The van der Waals surface area contributed by atoms with Crippen molar-refractivity contribution in [2.45, 2.75) is 6.92 Å². The van der Waals surface area contributed by atoms with Gasteiger partial charge in [0, 0.05) is 19.6 Å². The molecule has 0 spiro atoms. The van der Waals surface area contributed by atoms with Gasteiger partial charge in [0.25, 0.3) is 5.91 Å². The normalized spacial score (nSPS) is 11.4. The number of nitrogens with one attached hydrogen (secondary N) is 2. The maximum Gasteiger partial charge on any atom is 0.287 e. The second-order valence-corrected chi connectivity index (χ2v) is 4.81. The van der Waals surface area contributed by atoms with Crippen molar-refractivity contribution >= 4 is 12.0 Å². The molecule has 0 aliphatic heterocycles. The summed E-state index contributed by atoms with van der Waals surface area (Å²) in [6.07, 6.45) is 3.64. The Morgan fingerprint density at radius 1 is 1.14 bits per heavy atom. The molecule has 0 aliphatic carbocycles. The second-order valence-electron chi connectivity index (χ2n) is 4.81. The van der Waals surface area contributed by atoms with Crippen LogP contribution < -0.4 is 10.6 Å². The Hall–Kier alpha value is -2.33. The lowest BCUT2D eigenvalue weighted by molar-refractivity contribution is 0.0926. The maximum absolute atomic E-state index is 11.6.